The van der Waals surface area contributed by atoms with Gasteiger partial charge < -0.3 is 4.90 Å². The molecule has 0 bridgehead atoms. The van der Waals surface area contributed by atoms with Gasteiger partial charge in [-0.25, -0.2) is 8.78 Å². The van der Waals surface area contributed by atoms with Crippen LogP contribution in [0.4, 0.5) is 8.78 Å². The van der Waals surface area contributed by atoms with E-state index in [2.05, 4.69) is 0 Å². The van der Waals surface area contributed by atoms with Gasteiger partial charge in [-0.2, -0.15) is 0 Å². The van der Waals surface area contributed by atoms with E-state index in [9.17, 15) is 18.4 Å². The standard InChI is InChI=1S/C12H11F2NO2/c13-9-1-2-11(14)8(5-9)7-15-4-3-10(16)6-12(15)17/h1-2,5H,3-4,6-7H2. The molecule has 0 atom stereocenters. The van der Waals surface area contributed by atoms with Crippen molar-refractivity contribution in [1.29, 1.82) is 0 Å². The molecule has 1 amide bonds. The summed E-state index contributed by atoms with van der Waals surface area (Å²) in [7, 11) is 0. The van der Waals surface area contributed by atoms with Gasteiger partial charge in [0.15, 0.2) is 0 Å². The maximum Gasteiger partial charge on any atom is 0.230 e. The van der Waals surface area contributed by atoms with E-state index < -0.39 is 11.6 Å². The van der Waals surface area contributed by atoms with Crippen molar-refractivity contribution < 1.29 is 18.4 Å². The van der Waals surface area contributed by atoms with Crippen LogP contribution in [0.25, 0.3) is 0 Å². The Hall–Kier alpha value is -1.78. The number of nitrogens with zero attached hydrogens (tertiary/aromatic N) is 1. The number of hydrogen-bond acceptors (Lipinski definition) is 2. The average Bonchev–Trinajstić information content (AvgIpc) is 2.27. The van der Waals surface area contributed by atoms with Crippen LogP contribution in [-0.2, 0) is 16.1 Å². The fourth-order valence-corrected chi connectivity index (χ4v) is 1.79. The van der Waals surface area contributed by atoms with Crippen LogP contribution >= 0.6 is 0 Å². The lowest BCUT2D eigenvalue weighted by Gasteiger charge is -2.26. The number of halogens is 2. The molecule has 90 valence electrons. The second kappa shape index (κ2) is 4.61. The van der Waals surface area contributed by atoms with Crippen LogP contribution in [0.15, 0.2) is 18.2 Å². The summed E-state index contributed by atoms with van der Waals surface area (Å²) >= 11 is 0. The third-order valence-electron chi connectivity index (χ3n) is 2.73. The van der Waals surface area contributed by atoms with E-state index in [-0.39, 0.29) is 43.2 Å². The van der Waals surface area contributed by atoms with Crippen molar-refractivity contribution in [2.24, 2.45) is 0 Å². The number of rotatable bonds is 2. The van der Waals surface area contributed by atoms with Gasteiger partial charge in [-0.15, -0.1) is 0 Å². The lowest BCUT2D eigenvalue weighted by Crippen LogP contribution is -2.38. The Morgan fingerprint density at radius 2 is 2.00 bits per heavy atom. The van der Waals surface area contributed by atoms with Crippen molar-refractivity contribution in [3.05, 3.63) is 35.4 Å². The highest BCUT2D eigenvalue weighted by molar-refractivity contribution is 6.00. The quantitative estimate of drug-likeness (QED) is 0.736. The minimum atomic E-state index is -0.545. The molecule has 0 aromatic heterocycles. The van der Waals surface area contributed by atoms with Crippen molar-refractivity contribution in [2.45, 2.75) is 19.4 Å². The molecule has 1 aliphatic rings. The zero-order valence-corrected chi connectivity index (χ0v) is 9.08. The molecule has 5 heteroatoms. The lowest BCUT2D eigenvalue weighted by atomic mass is 10.1. The van der Waals surface area contributed by atoms with Crippen LogP contribution in [0.1, 0.15) is 18.4 Å². The first-order valence-corrected chi connectivity index (χ1v) is 5.29. The van der Waals surface area contributed by atoms with Crippen molar-refractivity contribution in [2.75, 3.05) is 6.54 Å². The fraction of sp³-hybridized carbons (Fsp3) is 0.333. The van der Waals surface area contributed by atoms with E-state index in [1.54, 1.807) is 0 Å². The lowest BCUT2D eigenvalue weighted by molar-refractivity contribution is -0.139. The molecule has 1 heterocycles. The summed E-state index contributed by atoms with van der Waals surface area (Å²) in [5, 5.41) is 0. The first-order valence-electron chi connectivity index (χ1n) is 5.29. The van der Waals surface area contributed by atoms with Gasteiger partial charge in [-0.05, 0) is 18.2 Å². The van der Waals surface area contributed by atoms with E-state index in [1.807, 2.05) is 0 Å². The summed E-state index contributed by atoms with van der Waals surface area (Å²) in [5.41, 5.74) is 0.132. The Bertz CT molecular complexity index is 474. The zero-order chi connectivity index (χ0) is 12.4. The van der Waals surface area contributed by atoms with Gasteiger partial charge in [-0.1, -0.05) is 0 Å². The molecular formula is C12H11F2NO2. The number of Topliss-reactive ketones (excluding diaryl/α,β-unsaturated/α-hetero) is 1. The topological polar surface area (TPSA) is 37.4 Å². The van der Waals surface area contributed by atoms with Crippen molar-refractivity contribution in [3.8, 4) is 0 Å². The normalized spacial score (nSPS) is 16.5. The van der Waals surface area contributed by atoms with Crippen LogP contribution in [0.5, 0.6) is 0 Å². The molecule has 0 saturated carbocycles. The maximum absolute atomic E-state index is 13.4. The number of piperidine rings is 1. The number of likely N-dealkylation sites (tertiary alicyclic amines) is 1. The molecule has 1 aliphatic heterocycles. The first kappa shape index (κ1) is 11.7. The molecule has 0 radical (unpaired) electrons. The maximum atomic E-state index is 13.4. The molecule has 0 N–H and O–H groups in total. The number of carbonyl (C=O) groups excluding carboxylic acids is 2. The Balaban J connectivity index is 2.13. The second-order valence-corrected chi connectivity index (χ2v) is 4.02. The van der Waals surface area contributed by atoms with E-state index in [1.165, 1.54) is 4.90 Å². The molecular weight excluding hydrogens is 228 g/mol. The van der Waals surface area contributed by atoms with Gasteiger partial charge in [0, 0.05) is 25.1 Å². The first-order chi connectivity index (χ1) is 8.06. The van der Waals surface area contributed by atoms with Gasteiger partial charge in [0.25, 0.3) is 0 Å². The van der Waals surface area contributed by atoms with Crippen LogP contribution in [0, 0.1) is 11.6 Å². The Morgan fingerprint density at radius 1 is 1.24 bits per heavy atom. The summed E-state index contributed by atoms with van der Waals surface area (Å²) in [5.74, 6) is -1.52. The summed E-state index contributed by atoms with van der Waals surface area (Å²) in [6.07, 6.45) is 0.139. The Morgan fingerprint density at radius 3 is 2.71 bits per heavy atom. The van der Waals surface area contributed by atoms with Crippen molar-refractivity contribution in [3.63, 3.8) is 0 Å². The van der Waals surface area contributed by atoms with E-state index in [4.69, 9.17) is 0 Å². The second-order valence-electron chi connectivity index (χ2n) is 4.02. The van der Waals surface area contributed by atoms with Crippen LogP contribution in [0.2, 0.25) is 0 Å². The number of carbonyl (C=O) groups is 2. The largest absolute Gasteiger partial charge is 0.337 e. The molecule has 3 nitrogen and oxygen atoms in total. The third-order valence-corrected chi connectivity index (χ3v) is 2.73. The molecule has 2 rings (SSSR count). The predicted octanol–water partition coefficient (Wildman–Crippen LogP) is 1.66. The predicted molar refractivity (Wildman–Crippen MR) is 56.0 cm³/mol. The van der Waals surface area contributed by atoms with Gasteiger partial charge in [0.1, 0.15) is 17.4 Å². The van der Waals surface area contributed by atoms with Gasteiger partial charge in [0.2, 0.25) is 5.91 Å². The SMILES string of the molecule is O=C1CCN(Cc2cc(F)ccc2F)C(=O)C1. The van der Waals surface area contributed by atoms with E-state index in [0.29, 0.717) is 0 Å². The minimum absolute atomic E-state index is 0.00963. The average molecular weight is 239 g/mol. The number of hydrogen-bond donors (Lipinski definition) is 0. The molecule has 0 spiro atoms. The molecule has 1 saturated heterocycles. The zero-order valence-electron chi connectivity index (χ0n) is 9.08. The molecule has 17 heavy (non-hydrogen) atoms. The smallest absolute Gasteiger partial charge is 0.230 e. The van der Waals surface area contributed by atoms with Gasteiger partial charge in [0.05, 0.1) is 6.42 Å². The summed E-state index contributed by atoms with van der Waals surface area (Å²) in [4.78, 5) is 23.9. The minimum Gasteiger partial charge on any atom is -0.337 e. The van der Waals surface area contributed by atoms with E-state index >= 15 is 0 Å². The Kier molecular flexibility index (Phi) is 3.17. The third kappa shape index (κ3) is 2.67. The highest BCUT2D eigenvalue weighted by atomic mass is 19.1. The molecule has 1 fully saturated rings. The summed E-state index contributed by atoms with van der Waals surface area (Å²) in [6, 6.07) is 3.13. The number of amides is 1. The van der Waals surface area contributed by atoms with Gasteiger partial charge >= 0.3 is 0 Å². The monoisotopic (exact) mass is 239 g/mol. The number of benzene rings is 1. The molecule has 1 aromatic carbocycles. The van der Waals surface area contributed by atoms with Crippen LogP contribution < -0.4 is 0 Å². The Labute approximate surface area is 97.0 Å². The van der Waals surface area contributed by atoms with Gasteiger partial charge in [-0.3, -0.25) is 9.59 Å². The molecule has 1 aromatic rings. The number of ketones is 1. The summed E-state index contributed by atoms with van der Waals surface area (Å²) < 4.78 is 26.3. The molecule has 0 aliphatic carbocycles. The van der Waals surface area contributed by atoms with E-state index in [0.717, 1.165) is 18.2 Å². The highest BCUT2D eigenvalue weighted by Crippen LogP contribution is 2.16. The van der Waals surface area contributed by atoms with Crippen LogP contribution in [0.3, 0.4) is 0 Å². The summed E-state index contributed by atoms with van der Waals surface area (Å²) in [6.45, 7) is 0.281. The fourth-order valence-electron chi connectivity index (χ4n) is 1.79. The van der Waals surface area contributed by atoms with Crippen molar-refractivity contribution >= 4 is 11.7 Å². The van der Waals surface area contributed by atoms with Crippen molar-refractivity contribution in [1.82, 2.24) is 4.90 Å². The molecule has 0 unspecified atom stereocenters. The van der Waals surface area contributed by atoms with Crippen LogP contribution in [-0.4, -0.2) is 23.1 Å². The highest BCUT2D eigenvalue weighted by Gasteiger charge is 2.24.